The fourth-order valence-electron chi connectivity index (χ4n) is 2.26. The maximum absolute atomic E-state index is 5.76. The number of benzene rings is 1. The summed E-state index contributed by atoms with van der Waals surface area (Å²) >= 11 is 5.76. The number of aromatic nitrogens is 2. The molecule has 19 heavy (non-hydrogen) atoms. The molecule has 0 aliphatic carbocycles. The molecular weight excluding hydrogens is 258 g/mol. The van der Waals surface area contributed by atoms with E-state index in [1.165, 1.54) is 16.7 Å². The van der Waals surface area contributed by atoms with Crippen molar-refractivity contribution in [1.82, 2.24) is 10.2 Å². The summed E-state index contributed by atoms with van der Waals surface area (Å²) in [7, 11) is 0. The number of hydrogen-bond acceptors (Lipinski definition) is 3. The summed E-state index contributed by atoms with van der Waals surface area (Å²) in [6.45, 7) is 3.83. The van der Waals surface area contributed by atoms with Crippen LogP contribution in [-0.4, -0.2) is 23.3 Å². The molecule has 0 spiro atoms. The highest BCUT2D eigenvalue weighted by Gasteiger charge is 2.17. The second-order valence-electron chi connectivity index (χ2n) is 4.69. The molecule has 0 N–H and O–H groups in total. The van der Waals surface area contributed by atoms with Gasteiger partial charge in [-0.15, -0.1) is 10.2 Å². The van der Waals surface area contributed by atoms with Crippen molar-refractivity contribution in [2.75, 3.05) is 18.0 Å². The van der Waals surface area contributed by atoms with Gasteiger partial charge in [-0.2, -0.15) is 0 Å². The molecule has 0 fully saturated rings. The average molecular weight is 272 g/mol. The van der Waals surface area contributed by atoms with Gasteiger partial charge in [-0.25, -0.2) is 0 Å². The Morgan fingerprint density at radius 3 is 2.79 bits per heavy atom. The first kappa shape index (κ1) is 12.2. The van der Waals surface area contributed by atoms with Gasteiger partial charge in [0.25, 0.3) is 0 Å². The van der Waals surface area contributed by atoms with Crippen LogP contribution in [0, 0.1) is 6.92 Å². The highest BCUT2D eigenvalue weighted by atomic mass is 35.5. The van der Waals surface area contributed by atoms with Crippen LogP contribution in [0.15, 0.2) is 42.5 Å². The maximum Gasteiger partial charge on any atom is 0.151 e. The molecule has 1 aromatic heterocycles. The van der Waals surface area contributed by atoms with E-state index in [0.29, 0.717) is 5.15 Å². The maximum atomic E-state index is 5.76. The van der Waals surface area contributed by atoms with E-state index in [9.17, 15) is 0 Å². The summed E-state index contributed by atoms with van der Waals surface area (Å²) in [6.07, 6.45) is 2.24. The predicted octanol–water partition coefficient (Wildman–Crippen LogP) is 3.34. The number of halogens is 1. The number of rotatable bonds is 2. The van der Waals surface area contributed by atoms with Crippen molar-refractivity contribution in [2.45, 2.75) is 6.92 Å². The molecule has 96 valence electrons. The van der Waals surface area contributed by atoms with Gasteiger partial charge in [0, 0.05) is 13.1 Å². The minimum absolute atomic E-state index is 0.426. The van der Waals surface area contributed by atoms with Gasteiger partial charge in [0.15, 0.2) is 11.0 Å². The van der Waals surface area contributed by atoms with Crippen LogP contribution in [0.5, 0.6) is 0 Å². The number of anilines is 1. The highest BCUT2D eigenvalue weighted by molar-refractivity contribution is 6.29. The Kier molecular flexibility index (Phi) is 3.22. The second kappa shape index (κ2) is 5.02. The largest absolute Gasteiger partial charge is 0.347 e. The van der Waals surface area contributed by atoms with Crippen LogP contribution in [0.25, 0.3) is 5.57 Å². The van der Waals surface area contributed by atoms with Crippen molar-refractivity contribution in [3.05, 3.63) is 58.8 Å². The van der Waals surface area contributed by atoms with Crippen molar-refractivity contribution in [2.24, 2.45) is 0 Å². The molecule has 0 unspecified atom stereocenters. The summed E-state index contributed by atoms with van der Waals surface area (Å²) < 4.78 is 0. The van der Waals surface area contributed by atoms with E-state index in [1.807, 2.05) is 6.07 Å². The van der Waals surface area contributed by atoms with E-state index in [1.54, 1.807) is 6.07 Å². The normalized spacial score (nSPS) is 14.6. The highest BCUT2D eigenvalue weighted by Crippen LogP contribution is 2.25. The zero-order valence-corrected chi connectivity index (χ0v) is 11.4. The molecule has 0 saturated heterocycles. The van der Waals surface area contributed by atoms with Crippen LogP contribution in [-0.2, 0) is 0 Å². The van der Waals surface area contributed by atoms with Crippen LogP contribution in [0.4, 0.5) is 5.82 Å². The molecule has 1 aliphatic rings. The van der Waals surface area contributed by atoms with Crippen LogP contribution in [0.2, 0.25) is 5.15 Å². The third-order valence-corrected chi connectivity index (χ3v) is 3.45. The molecule has 1 aliphatic heterocycles. The lowest BCUT2D eigenvalue weighted by atomic mass is 10.0. The smallest absolute Gasteiger partial charge is 0.151 e. The van der Waals surface area contributed by atoms with Crippen molar-refractivity contribution in [3.63, 3.8) is 0 Å². The summed E-state index contributed by atoms with van der Waals surface area (Å²) in [5, 5.41) is 8.43. The second-order valence-corrected chi connectivity index (χ2v) is 5.08. The SMILES string of the molecule is Cc1cccc(C2=CCN(c3ccc(Cl)nn3)C2)c1. The Balaban J connectivity index is 1.78. The van der Waals surface area contributed by atoms with Gasteiger partial charge in [0.05, 0.1) is 0 Å². The minimum atomic E-state index is 0.426. The number of aryl methyl sites for hydroxylation is 1. The Labute approximate surface area is 117 Å². The first-order chi connectivity index (χ1) is 9.22. The monoisotopic (exact) mass is 271 g/mol. The molecule has 0 radical (unpaired) electrons. The van der Waals surface area contributed by atoms with Crippen molar-refractivity contribution in [3.8, 4) is 0 Å². The summed E-state index contributed by atoms with van der Waals surface area (Å²) in [4.78, 5) is 2.18. The van der Waals surface area contributed by atoms with Crippen molar-refractivity contribution in [1.29, 1.82) is 0 Å². The summed E-state index contributed by atoms with van der Waals surface area (Å²) in [5.41, 5.74) is 3.90. The van der Waals surface area contributed by atoms with Gasteiger partial charge in [0.1, 0.15) is 0 Å². The number of hydrogen-bond donors (Lipinski definition) is 0. The molecule has 2 aromatic rings. The van der Waals surface area contributed by atoms with E-state index in [-0.39, 0.29) is 0 Å². The van der Waals surface area contributed by atoms with E-state index in [4.69, 9.17) is 11.6 Å². The Morgan fingerprint density at radius 1 is 1.16 bits per heavy atom. The average Bonchev–Trinajstić information content (AvgIpc) is 2.89. The lowest BCUT2D eigenvalue weighted by molar-refractivity contribution is 0.916. The molecule has 2 heterocycles. The quantitative estimate of drug-likeness (QED) is 0.839. The first-order valence-electron chi connectivity index (χ1n) is 6.22. The molecule has 3 nitrogen and oxygen atoms in total. The van der Waals surface area contributed by atoms with Gasteiger partial charge in [0.2, 0.25) is 0 Å². The van der Waals surface area contributed by atoms with Crippen LogP contribution < -0.4 is 4.90 Å². The molecule has 3 rings (SSSR count). The molecule has 0 bridgehead atoms. The van der Waals surface area contributed by atoms with E-state index in [0.717, 1.165) is 18.9 Å². The fourth-order valence-corrected chi connectivity index (χ4v) is 2.36. The van der Waals surface area contributed by atoms with E-state index >= 15 is 0 Å². The molecule has 1 aromatic carbocycles. The third-order valence-electron chi connectivity index (χ3n) is 3.25. The lowest BCUT2D eigenvalue weighted by Crippen LogP contribution is -2.21. The number of nitrogens with zero attached hydrogens (tertiary/aromatic N) is 3. The molecule has 0 amide bonds. The molecular formula is C15H14ClN3. The van der Waals surface area contributed by atoms with Crippen LogP contribution >= 0.6 is 11.6 Å². The third kappa shape index (κ3) is 2.61. The first-order valence-corrected chi connectivity index (χ1v) is 6.60. The topological polar surface area (TPSA) is 29.0 Å². The zero-order chi connectivity index (χ0) is 13.2. The van der Waals surface area contributed by atoms with Crippen molar-refractivity contribution >= 4 is 23.0 Å². The Bertz CT molecular complexity index is 620. The standard InChI is InChI=1S/C15H14ClN3/c1-11-3-2-4-12(9-11)13-7-8-19(10-13)15-6-5-14(16)17-18-15/h2-7,9H,8,10H2,1H3. The van der Waals surface area contributed by atoms with Crippen LogP contribution in [0.3, 0.4) is 0 Å². The van der Waals surface area contributed by atoms with Crippen LogP contribution in [0.1, 0.15) is 11.1 Å². The minimum Gasteiger partial charge on any atom is -0.347 e. The predicted molar refractivity (Wildman–Crippen MR) is 78.4 cm³/mol. The Morgan fingerprint density at radius 2 is 2.05 bits per heavy atom. The summed E-state index contributed by atoms with van der Waals surface area (Å²) in [5.74, 6) is 0.864. The fraction of sp³-hybridized carbons (Fsp3) is 0.200. The van der Waals surface area contributed by atoms with Gasteiger partial charge in [-0.3, -0.25) is 0 Å². The Hall–Kier alpha value is -1.87. The van der Waals surface area contributed by atoms with Gasteiger partial charge in [-0.1, -0.05) is 47.5 Å². The zero-order valence-electron chi connectivity index (χ0n) is 10.7. The lowest BCUT2D eigenvalue weighted by Gasteiger charge is -2.16. The van der Waals surface area contributed by atoms with Gasteiger partial charge < -0.3 is 4.90 Å². The van der Waals surface area contributed by atoms with Gasteiger partial charge in [-0.05, 0) is 30.2 Å². The van der Waals surface area contributed by atoms with E-state index in [2.05, 4.69) is 52.4 Å². The molecule has 4 heteroatoms. The van der Waals surface area contributed by atoms with Gasteiger partial charge >= 0.3 is 0 Å². The molecule has 0 atom stereocenters. The van der Waals surface area contributed by atoms with Crippen molar-refractivity contribution < 1.29 is 0 Å². The summed E-state index contributed by atoms with van der Waals surface area (Å²) in [6, 6.07) is 12.2. The molecule has 0 saturated carbocycles. The van der Waals surface area contributed by atoms with E-state index < -0.39 is 0 Å².